The summed E-state index contributed by atoms with van der Waals surface area (Å²) < 4.78 is 15.1. The highest BCUT2D eigenvalue weighted by molar-refractivity contribution is 14.1. The highest BCUT2D eigenvalue weighted by Gasteiger charge is 2.19. The first kappa shape index (κ1) is 27.5. The highest BCUT2D eigenvalue weighted by atomic mass is 127. The Balaban J connectivity index is 1.60. The summed E-state index contributed by atoms with van der Waals surface area (Å²) in [5.41, 5.74) is 1.26. The molecule has 1 atom stereocenters. The van der Waals surface area contributed by atoms with Gasteiger partial charge in [0.1, 0.15) is 11.6 Å². The molecule has 0 spiro atoms. The molecule has 2 heterocycles. The van der Waals surface area contributed by atoms with Gasteiger partial charge >= 0.3 is 0 Å². The first-order valence-electron chi connectivity index (χ1n) is 11.5. The number of aromatic nitrogens is 2. The molecule has 0 unspecified atom stereocenters. The van der Waals surface area contributed by atoms with Crippen LogP contribution in [0.4, 0.5) is 0 Å². The van der Waals surface area contributed by atoms with Crippen molar-refractivity contribution in [3.63, 3.8) is 0 Å². The van der Waals surface area contributed by atoms with Crippen molar-refractivity contribution in [3.8, 4) is 5.75 Å². The van der Waals surface area contributed by atoms with Gasteiger partial charge < -0.3 is 14.4 Å². The molecule has 190 valence electrons. The number of carbonyl (C=O) groups is 1. The summed E-state index contributed by atoms with van der Waals surface area (Å²) in [5.74, 6) is 1.29. The van der Waals surface area contributed by atoms with E-state index in [1.54, 1.807) is 17.2 Å². The number of amides is 1. The van der Waals surface area contributed by atoms with Crippen LogP contribution in [0.15, 0.2) is 44.7 Å². The summed E-state index contributed by atoms with van der Waals surface area (Å²) in [6, 6.07) is 9.33. The maximum Gasteiger partial charge on any atom is 0.282 e. The zero-order valence-corrected chi connectivity index (χ0v) is 25.7. The van der Waals surface area contributed by atoms with Gasteiger partial charge in [0.2, 0.25) is 0 Å². The zero-order valence-electron chi connectivity index (χ0n) is 19.8. The lowest BCUT2D eigenvalue weighted by Crippen LogP contribution is -2.43. The normalized spacial score (nSPS) is 15.0. The molecule has 4 rings (SSSR count). The molecule has 2 aromatic carbocycles. The van der Waals surface area contributed by atoms with Gasteiger partial charge in [0.15, 0.2) is 6.61 Å². The van der Waals surface area contributed by atoms with Crippen molar-refractivity contribution in [2.75, 3.05) is 32.9 Å². The minimum Gasteiger partial charge on any atom is -0.482 e. The van der Waals surface area contributed by atoms with Crippen LogP contribution in [-0.2, 0) is 9.53 Å². The number of nitrogens with zero attached hydrogens (tertiary/aromatic N) is 4. The molecular formula is C25H25BrI2N4O4. The van der Waals surface area contributed by atoms with Gasteiger partial charge in [0.05, 0.1) is 37.5 Å². The molecule has 1 saturated heterocycles. The topological polar surface area (TPSA) is 86.0 Å². The predicted molar refractivity (Wildman–Crippen MR) is 160 cm³/mol. The number of benzene rings is 2. The monoisotopic (exact) mass is 778 g/mol. The van der Waals surface area contributed by atoms with E-state index in [1.807, 2.05) is 31.2 Å². The van der Waals surface area contributed by atoms with E-state index in [2.05, 4.69) is 73.1 Å². The first-order chi connectivity index (χ1) is 17.3. The largest absolute Gasteiger partial charge is 0.482 e. The molecule has 3 aromatic rings. The number of morpholine rings is 1. The molecule has 0 saturated carbocycles. The summed E-state index contributed by atoms with van der Waals surface area (Å²) in [7, 11) is 0. The number of halogens is 3. The van der Waals surface area contributed by atoms with Crippen molar-refractivity contribution in [2.45, 2.75) is 26.2 Å². The summed E-state index contributed by atoms with van der Waals surface area (Å²) >= 11 is 7.82. The Morgan fingerprint density at radius 3 is 2.61 bits per heavy atom. The van der Waals surface area contributed by atoms with Gasteiger partial charge in [-0.05, 0) is 87.5 Å². The number of ether oxygens (including phenoxy) is 2. The van der Waals surface area contributed by atoms with Crippen LogP contribution in [0.2, 0.25) is 0 Å². The second-order valence-corrected chi connectivity index (χ2v) is 11.6. The Kier molecular flexibility index (Phi) is 9.39. The number of hydrogen-bond acceptors (Lipinski definition) is 6. The minimum absolute atomic E-state index is 0.0224. The van der Waals surface area contributed by atoms with Crippen LogP contribution < -0.4 is 10.3 Å². The Morgan fingerprint density at radius 1 is 1.25 bits per heavy atom. The zero-order chi connectivity index (χ0) is 25.8. The minimum atomic E-state index is -0.209. The molecule has 11 heteroatoms. The molecule has 36 heavy (non-hydrogen) atoms. The van der Waals surface area contributed by atoms with Gasteiger partial charge in [-0.15, -0.1) is 0 Å². The summed E-state index contributed by atoms with van der Waals surface area (Å²) in [5, 5.41) is 5.06. The van der Waals surface area contributed by atoms with E-state index in [9.17, 15) is 9.59 Å². The smallest absolute Gasteiger partial charge is 0.282 e. The third kappa shape index (κ3) is 6.27. The molecule has 0 bridgehead atoms. The van der Waals surface area contributed by atoms with E-state index in [0.717, 1.165) is 23.6 Å². The summed E-state index contributed by atoms with van der Waals surface area (Å²) in [6.07, 6.45) is 2.49. The van der Waals surface area contributed by atoms with E-state index < -0.39 is 0 Å². The van der Waals surface area contributed by atoms with Crippen LogP contribution in [0.5, 0.6) is 5.75 Å². The molecule has 8 nitrogen and oxygen atoms in total. The van der Waals surface area contributed by atoms with Crippen LogP contribution >= 0.6 is 61.1 Å². The first-order valence-corrected chi connectivity index (χ1v) is 14.5. The Labute approximate surface area is 244 Å². The molecule has 1 amide bonds. The molecular weight excluding hydrogens is 754 g/mol. The highest BCUT2D eigenvalue weighted by Crippen LogP contribution is 2.29. The van der Waals surface area contributed by atoms with E-state index in [-0.39, 0.29) is 24.0 Å². The van der Waals surface area contributed by atoms with Gasteiger partial charge in [-0.3, -0.25) is 9.59 Å². The standard InChI is InChI=1S/C25H25BrI2N4O4/c1-3-15(2)24-30-21-5-4-17(26)12-18(21)25(34)32(24)29-13-16-10-19(27)23(20(28)11-16)36-14-22(33)31-6-8-35-9-7-31/h4-5,10-13,15H,3,6-9,14H2,1-2H3/t15-/m1/s1. The van der Waals surface area contributed by atoms with Gasteiger partial charge in [-0.1, -0.05) is 29.8 Å². The molecule has 0 N–H and O–H groups in total. The SMILES string of the molecule is CC[C@@H](C)c1nc2ccc(Br)cc2c(=O)n1N=Cc1cc(I)c(OCC(=O)N2CCOCC2)c(I)c1. The van der Waals surface area contributed by atoms with E-state index in [1.165, 1.54) is 4.68 Å². The molecule has 1 fully saturated rings. The molecule has 0 radical (unpaired) electrons. The van der Waals surface area contributed by atoms with Gasteiger partial charge in [0.25, 0.3) is 11.5 Å². The quantitative estimate of drug-likeness (QED) is 0.249. The number of rotatable bonds is 7. The van der Waals surface area contributed by atoms with Crippen LogP contribution in [-0.4, -0.2) is 59.6 Å². The van der Waals surface area contributed by atoms with Crippen LogP contribution in [0.3, 0.4) is 0 Å². The predicted octanol–water partition coefficient (Wildman–Crippen LogP) is 5.00. The van der Waals surface area contributed by atoms with Crippen LogP contribution in [0.25, 0.3) is 10.9 Å². The van der Waals surface area contributed by atoms with E-state index >= 15 is 0 Å². The van der Waals surface area contributed by atoms with Gasteiger partial charge in [-0.2, -0.15) is 9.78 Å². The third-order valence-electron chi connectivity index (χ3n) is 5.93. The summed E-state index contributed by atoms with van der Waals surface area (Å²) in [6.45, 7) is 6.36. The fraction of sp³-hybridized carbons (Fsp3) is 0.360. The van der Waals surface area contributed by atoms with Crippen LogP contribution in [0, 0.1) is 7.14 Å². The fourth-order valence-electron chi connectivity index (χ4n) is 3.73. The maximum atomic E-state index is 13.3. The Hall–Kier alpha value is -1.58. The van der Waals surface area contributed by atoms with Gasteiger partial charge in [0, 0.05) is 23.5 Å². The second kappa shape index (κ2) is 12.3. The average Bonchev–Trinajstić information content (AvgIpc) is 2.87. The van der Waals surface area contributed by atoms with Crippen molar-refractivity contribution in [3.05, 3.63) is 63.7 Å². The van der Waals surface area contributed by atoms with Gasteiger partial charge in [-0.25, -0.2) is 4.98 Å². The van der Waals surface area contributed by atoms with Crippen molar-refractivity contribution in [1.82, 2.24) is 14.6 Å². The fourth-order valence-corrected chi connectivity index (χ4v) is 6.22. The lowest BCUT2D eigenvalue weighted by molar-refractivity contribution is -0.137. The number of hydrogen-bond donors (Lipinski definition) is 0. The molecule has 1 aromatic heterocycles. The van der Waals surface area contributed by atoms with Crippen molar-refractivity contribution >= 4 is 84.1 Å². The molecule has 1 aliphatic heterocycles. The van der Waals surface area contributed by atoms with Crippen molar-refractivity contribution in [1.29, 1.82) is 0 Å². The van der Waals surface area contributed by atoms with Crippen molar-refractivity contribution < 1.29 is 14.3 Å². The molecule has 0 aliphatic carbocycles. The summed E-state index contributed by atoms with van der Waals surface area (Å²) in [4.78, 5) is 32.3. The maximum absolute atomic E-state index is 13.3. The lowest BCUT2D eigenvalue weighted by Gasteiger charge is -2.26. The van der Waals surface area contributed by atoms with Crippen molar-refractivity contribution in [2.24, 2.45) is 5.10 Å². The van der Waals surface area contributed by atoms with Crippen LogP contribution in [0.1, 0.15) is 37.6 Å². The number of fused-ring (bicyclic) bond motifs is 1. The third-order valence-corrected chi connectivity index (χ3v) is 8.03. The van der Waals surface area contributed by atoms with E-state index in [0.29, 0.717) is 48.8 Å². The second-order valence-electron chi connectivity index (χ2n) is 8.40. The Morgan fingerprint density at radius 2 is 1.94 bits per heavy atom. The van der Waals surface area contributed by atoms with E-state index in [4.69, 9.17) is 14.5 Å². The number of carbonyl (C=O) groups excluding carboxylic acids is 1. The Bertz CT molecular complexity index is 1350. The lowest BCUT2D eigenvalue weighted by atomic mass is 10.1. The molecule has 1 aliphatic rings. The average molecular weight is 779 g/mol.